The number of aryl methyl sites for hydroxylation is 3. The van der Waals surface area contributed by atoms with E-state index in [4.69, 9.17) is 0 Å². The van der Waals surface area contributed by atoms with Crippen LogP contribution in [0.15, 0.2) is 36.4 Å². The minimum Gasteiger partial charge on any atom is -0.506 e. The molecular weight excluding hydrogens is 340 g/mol. The van der Waals surface area contributed by atoms with Crippen molar-refractivity contribution in [1.29, 1.82) is 0 Å². The molecule has 1 aliphatic rings. The van der Waals surface area contributed by atoms with Gasteiger partial charge in [0, 0.05) is 18.7 Å². The maximum atomic E-state index is 12.9. The first-order valence-electron chi connectivity index (χ1n) is 9.31. The Labute approximate surface area is 160 Å². The third-order valence-corrected chi connectivity index (χ3v) is 4.96. The summed E-state index contributed by atoms with van der Waals surface area (Å²) >= 11 is 0. The van der Waals surface area contributed by atoms with Crippen molar-refractivity contribution in [3.8, 4) is 5.75 Å². The fourth-order valence-corrected chi connectivity index (χ4v) is 3.64. The second-order valence-corrected chi connectivity index (χ2v) is 7.48. The van der Waals surface area contributed by atoms with Crippen LogP contribution in [0.25, 0.3) is 0 Å². The van der Waals surface area contributed by atoms with Crippen LogP contribution in [0.4, 0.5) is 5.69 Å². The van der Waals surface area contributed by atoms with Crippen LogP contribution >= 0.6 is 0 Å². The lowest BCUT2D eigenvalue weighted by Gasteiger charge is -2.32. The van der Waals surface area contributed by atoms with E-state index >= 15 is 0 Å². The Morgan fingerprint density at radius 3 is 2.44 bits per heavy atom. The van der Waals surface area contributed by atoms with Crippen LogP contribution in [0.1, 0.15) is 39.9 Å². The summed E-state index contributed by atoms with van der Waals surface area (Å²) in [6.45, 7) is 6.91. The molecule has 0 aliphatic carbocycles. The summed E-state index contributed by atoms with van der Waals surface area (Å²) in [6.07, 6.45) is 1.52. The quantitative estimate of drug-likeness (QED) is 0.812. The lowest BCUT2D eigenvalue weighted by atomic mass is 9.96. The molecular formula is C22H26N2O3. The number of carbonyl (C=O) groups excluding carboxylic acids is 2. The predicted molar refractivity (Wildman–Crippen MR) is 106 cm³/mol. The number of amides is 2. The number of benzene rings is 2. The number of hydrogen-bond acceptors (Lipinski definition) is 3. The summed E-state index contributed by atoms with van der Waals surface area (Å²) in [5.41, 5.74) is 4.15. The van der Waals surface area contributed by atoms with Gasteiger partial charge in [0.1, 0.15) is 5.75 Å². The van der Waals surface area contributed by atoms with Crippen molar-refractivity contribution in [2.24, 2.45) is 5.92 Å². The molecule has 3 rings (SSSR count). The molecule has 0 saturated carbocycles. The van der Waals surface area contributed by atoms with Crippen LogP contribution < -0.4 is 5.32 Å². The highest BCUT2D eigenvalue weighted by molar-refractivity contribution is 5.97. The van der Waals surface area contributed by atoms with Gasteiger partial charge in [-0.3, -0.25) is 9.59 Å². The lowest BCUT2D eigenvalue weighted by Crippen LogP contribution is -2.43. The largest absolute Gasteiger partial charge is 0.506 e. The predicted octanol–water partition coefficient (Wildman–Crippen LogP) is 3.81. The summed E-state index contributed by atoms with van der Waals surface area (Å²) in [5.74, 6) is -0.423. The van der Waals surface area contributed by atoms with Crippen molar-refractivity contribution in [2.45, 2.75) is 33.6 Å². The topological polar surface area (TPSA) is 69.6 Å². The number of phenolic OH excluding ortho intramolecular Hbond substituents is 1. The normalized spacial score (nSPS) is 16.9. The molecule has 5 nitrogen and oxygen atoms in total. The zero-order valence-electron chi connectivity index (χ0n) is 16.1. The molecule has 2 N–H and O–H groups in total. The Hall–Kier alpha value is -2.82. The number of nitrogens with one attached hydrogen (secondary N) is 1. The zero-order chi connectivity index (χ0) is 19.6. The van der Waals surface area contributed by atoms with Crippen molar-refractivity contribution in [3.05, 3.63) is 58.7 Å². The fraction of sp³-hybridized carbons (Fsp3) is 0.364. The summed E-state index contributed by atoms with van der Waals surface area (Å²) in [4.78, 5) is 27.3. The fourth-order valence-electron chi connectivity index (χ4n) is 3.64. The van der Waals surface area contributed by atoms with Crippen LogP contribution in [-0.4, -0.2) is 34.9 Å². The minimum absolute atomic E-state index is 0.0299. The van der Waals surface area contributed by atoms with E-state index in [2.05, 4.69) is 5.32 Å². The monoisotopic (exact) mass is 366 g/mol. The Bertz CT molecular complexity index is 856. The number of rotatable bonds is 3. The van der Waals surface area contributed by atoms with Gasteiger partial charge in [-0.15, -0.1) is 0 Å². The first-order chi connectivity index (χ1) is 12.8. The van der Waals surface area contributed by atoms with E-state index in [9.17, 15) is 14.7 Å². The molecule has 2 amide bonds. The summed E-state index contributed by atoms with van der Waals surface area (Å²) < 4.78 is 0. The third-order valence-electron chi connectivity index (χ3n) is 4.96. The summed E-state index contributed by atoms with van der Waals surface area (Å²) in [5, 5.41) is 12.8. The Morgan fingerprint density at radius 1 is 1.04 bits per heavy atom. The standard InChI is InChI=1S/C22H26N2O3/c1-14-6-7-20(25)19(12-14)23-21(26)17-5-4-8-24(13-17)22(27)18-10-15(2)9-16(3)11-18/h6-7,9-12,17,25H,4-5,8,13H2,1-3H3,(H,23,26). The Balaban J connectivity index is 1.70. The van der Waals surface area contributed by atoms with Crippen LogP contribution in [-0.2, 0) is 4.79 Å². The average molecular weight is 366 g/mol. The minimum atomic E-state index is -0.284. The molecule has 27 heavy (non-hydrogen) atoms. The van der Waals surface area contributed by atoms with Gasteiger partial charge >= 0.3 is 0 Å². The van der Waals surface area contributed by atoms with Gasteiger partial charge < -0.3 is 15.3 Å². The summed E-state index contributed by atoms with van der Waals surface area (Å²) in [6, 6.07) is 10.9. The van der Waals surface area contributed by atoms with Gasteiger partial charge in [0.05, 0.1) is 11.6 Å². The molecule has 2 aromatic carbocycles. The van der Waals surface area contributed by atoms with Crippen molar-refractivity contribution in [3.63, 3.8) is 0 Å². The van der Waals surface area contributed by atoms with Gasteiger partial charge in [-0.05, 0) is 63.4 Å². The van der Waals surface area contributed by atoms with Gasteiger partial charge in [0.2, 0.25) is 5.91 Å². The molecule has 142 valence electrons. The molecule has 1 unspecified atom stereocenters. The second kappa shape index (κ2) is 7.82. The smallest absolute Gasteiger partial charge is 0.253 e. The molecule has 5 heteroatoms. The van der Waals surface area contributed by atoms with Gasteiger partial charge in [0.15, 0.2) is 0 Å². The van der Waals surface area contributed by atoms with E-state index in [1.165, 1.54) is 0 Å². The van der Waals surface area contributed by atoms with E-state index < -0.39 is 0 Å². The maximum Gasteiger partial charge on any atom is 0.253 e. The SMILES string of the molecule is Cc1cc(C)cc(C(=O)N2CCCC(C(=O)Nc3cc(C)ccc3O)C2)c1. The van der Waals surface area contributed by atoms with Crippen LogP contribution in [0.5, 0.6) is 5.75 Å². The van der Waals surface area contributed by atoms with Crippen molar-refractivity contribution >= 4 is 17.5 Å². The van der Waals surface area contributed by atoms with Gasteiger partial charge in [0.25, 0.3) is 5.91 Å². The molecule has 1 atom stereocenters. The van der Waals surface area contributed by atoms with Crippen LogP contribution in [0.2, 0.25) is 0 Å². The molecule has 1 saturated heterocycles. The highest BCUT2D eigenvalue weighted by Gasteiger charge is 2.29. The average Bonchev–Trinajstić information content (AvgIpc) is 2.63. The van der Waals surface area contributed by atoms with E-state index in [-0.39, 0.29) is 23.5 Å². The number of aromatic hydroxyl groups is 1. The van der Waals surface area contributed by atoms with E-state index in [0.717, 1.165) is 29.5 Å². The third kappa shape index (κ3) is 4.48. The molecule has 0 radical (unpaired) electrons. The first kappa shape index (κ1) is 19.0. The molecule has 0 aromatic heterocycles. The number of anilines is 1. The van der Waals surface area contributed by atoms with Gasteiger partial charge in [-0.1, -0.05) is 23.3 Å². The molecule has 1 aliphatic heterocycles. The number of piperidine rings is 1. The number of nitrogens with zero attached hydrogens (tertiary/aromatic N) is 1. The zero-order valence-corrected chi connectivity index (χ0v) is 16.1. The number of carbonyl (C=O) groups is 2. The van der Waals surface area contributed by atoms with Gasteiger partial charge in [-0.25, -0.2) is 0 Å². The second-order valence-electron chi connectivity index (χ2n) is 7.48. The van der Waals surface area contributed by atoms with E-state index in [1.54, 1.807) is 23.1 Å². The van der Waals surface area contributed by atoms with Gasteiger partial charge in [-0.2, -0.15) is 0 Å². The number of hydrogen-bond donors (Lipinski definition) is 2. The van der Waals surface area contributed by atoms with Crippen molar-refractivity contribution in [1.82, 2.24) is 4.90 Å². The maximum absolute atomic E-state index is 12.9. The van der Waals surface area contributed by atoms with Crippen LogP contribution in [0, 0.1) is 26.7 Å². The first-order valence-corrected chi connectivity index (χ1v) is 9.31. The molecule has 2 aromatic rings. The van der Waals surface area contributed by atoms with Crippen LogP contribution in [0.3, 0.4) is 0 Å². The number of phenols is 1. The van der Waals surface area contributed by atoms with Crippen molar-refractivity contribution < 1.29 is 14.7 Å². The molecule has 1 fully saturated rings. The lowest BCUT2D eigenvalue weighted by molar-refractivity contribution is -0.121. The molecule has 0 bridgehead atoms. The summed E-state index contributed by atoms with van der Waals surface area (Å²) in [7, 11) is 0. The molecule has 0 spiro atoms. The Morgan fingerprint density at radius 2 is 1.74 bits per heavy atom. The van der Waals surface area contributed by atoms with E-state index in [1.807, 2.05) is 39.0 Å². The van der Waals surface area contributed by atoms with E-state index in [0.29, 0.717) is 24.3 Å². The highest BCUT2D eigenvalue weighted by Crippen LogP contribution is 2.26. The van der Waals surface area contributed by atoms with Crippen molar-refractivity contribution in [2.75, 3.05) is 18.4 Å². The Kier molecular flexibility index (Phi) is 5.49. The number of likely N-dealkylation sites (tertiary alicyclic amines) is 1. The molecule has 1 heterocycles. The highest BCUT2D eigenvalue weighted by atomic mass is 16.3.